The molecule has 0 radical (unpaired) electrons. The highest BCUT2D eigenvalue weighted by atomic mass is 15.2. The molecule has 2 atom stereocenters. The lowest BCUT2D eigenvalue weighted by atomic mass is 9.98. The predicted octanol–water partition coefficient (Wildman–Crippen LogP) is 3.77. The summed E-state index contributed by atoms with van der Waals surface area (Å²) in [4.78, 5) is 2.68. The normalized spacial score (nSPS) is 18.2. The van der Waals surface area contributed by atoms with E-state index in [0.717, 1.165) is 5.92 Å². The van der Waals surface area contributed by atoms with Gasteiger partial charge in [0.2, 0.25) is 0 Å². The van der Waals surface area contributed by atoms with Gasteiger partial charge in [0.25, 0.3) is 0 Å². The fraction of sp³-hybridized carbons (Fsp3) is 0.667. The fourth-order valence-electron chi connectivity index (χ4n) is 3.05. The minimum absolute atomic E-state index is 0.418. The highest BCUT2D eigenvalue weighted by Gasteiger charge is 2.29. The Labute approximate surface area is 124 Å². The molecule has 2 heteroatoms. The Hall–Kier alpha value is -0.860. The van der Waals surface area contributed by atoms with Crippen LogP contribution < -0.4 is 5.32 Å². The summed E-state index contributed by atoms with van der Waals surface area (Å²) in [6.45, 7) is 9.30. The zero-order valence-corrected chi connectivity index (χ0v) is 13.5. The molecule has 0 aromatic heterocycles. The van der Waals surface area contributed by atoms with Crippen molar-refractivity contribution in [2.75, 3.05) is 20.1 Å². The zero-order valence-electron chi connectivity index (χ0n) is 13.5. The number of nitrogens with zero attached hydrogens (tertiary/aromatic N) is 1. The second-order valence-corrected chi connectivity index (χ2v) is 6.36. The van der Waals surface area contributed by atoms with Crippen molar-refractivity contribution in [3.05, 3.63) is 35.4 Å². The van der Waals surface area contributed by atoms with Gasteiger partial charge in [0.05, 0.1) is 0 Å². The lowest BCUT2D eigenvalue weighted by molar-refractivity contribution is 0.165. The van der Waals surface area contributed by atoms with Crippen molar-refractivity contribution >= 4 is 0 Å². The second kappa shape index (κ2) is 7.24. The number of rotatable bonds is 8. The predicted molar refractivity (Wildman–Crippen MR) is 87.0 cm³/mol. The molecule has 2 nitrogen and oxygen atoms in total. The maximum absolute atomic E-state index is 3.53. The van der Waals surface area contributed by atoms with E-state index in [1.807, 2.05) is 0 Å². The minimum atomic E-state index is 0.418. The Bertz CT molecular complexity index is 394. The molecular formula is C18H30N2. The monoisotopic (exact) mass is 274 g/mol. The molecule has 0 amide bonds. The van der Waals surface area contributed by atoms with Crippen molar-refractivity contribution in [3.8, 4) is 0 Å². The van der Waals surface area contributed by atoms with Crippen molar-refractivity contribution < 1.29 is 0 Å². The molecule has 1 N–H and O–H groups in total. The Balaban J connectivity index is 2.08. The Morgan fingerprint density at radius 3 is 2.40 bits per heavy atom. The van der Waals surface area contributed by atoms with Crippen molar-refractivity contribution in [1.82, 2.24) is 10.2 Å². The number of benzene rings is 1. The summed E-state index contributed by atoms with van der Waals surface area (Å²) in [7, 11) is 2.09. The van der Waals surface area contributed by atoms with E-state index in [-0.39, 0.29) is 0 Å². The van der Waals surface area contributed by atoms with E-state index in [2.05, 4.69) is 62.3 Å². The molecule has 1 aliphatic rings. The first-order chi connectivity index (χ1) is 9.65. The third-order valence-electron chi connectivity index (χ3n) is 4.51. The van der Waals surface area contributed by atoms with Gasteiger partial charge in [0.1, 0.15) is 0 Å². The number of aryl methyl sites for hydroxylation is 1. The van der Waals surface area contributed by atoms with Crippen molar-refractivity contribution in [1.29, 1.82) is 0 Å². The second-order valence-electron chi connectivity index (χ2n) is 6.36. The molecule has 20 heavy (non-hydrogen) atoms. The van der Waals surface area contributed by atoms with Crippen LogP contribution in [0.15, 0.2) is 24.3 Å². The summed E-state index contributed by atoms with van der Waals surface area (Å²) in [5, 5.41) is 3.53. The summed E-state index contributed by atoms with van der Waals surface area (Å²) < 4.78 is 0. The Morgan fingerprint density at radius 2 is 1.90 bits per heavy atom. The number of nitrogens with one attached hydrogen (secondary N) is 1. The van der Waals surface area contributed by atoms with Gasteiger partial charge in [-0.3, -0.25) is 4.90 Å². The lowest BCUT2D eigenvalue weighted by Gasteiger charge is -2.35. The van der Waals surface area contributed by atoms with Gasteiger partial charge in [-0.2, -0.15) is 0 Å². The van der Waals surface area contributed by atoms with Crippen LogP contribution in [-0.2, 0) is 0 Å². The first-order valence-electron chi connectivity index (χ1n) is 8.13. The van der Waals surface area contributed by atoms with E-state index in [4.69, 9.17) is 0 Å². The largest absolute Gasteiger partial charge is 0.312 e. The zero-order chi connectivity index (χ0) is 14.5. The molecule has 1 aromatic carbocycles. The molecule has 0 spiro atoms. The molecule has 1 saturated carbocycles. The van der Waals surface area contributed by atoms with Crippen molar-refractivity contribution in [2.45, 2.75) is 52.1 Å². The van der Waals surface area contributed by atoms with Gasteiger partial charge in [-0.15, -0.1) is 0 Å². The van der Waals surface area contributed by atoms with E-state index < -0.39 is 0 Å². The summed E-state index contributed by atoms with van der Waals surface area (Å²) in [6, 6.07) is 9.95. The van der Waals surface area contributed by atoms with Crippen LogP contribution in [0.25, 0.3) is 0 Å². The third-order valence-corrected chi connectivity index (χ3v) is 4.51. The molecule has 2 unspecified atom stereocenters. The average Bonchev–Trinajstić information content (AvgIpc) is 3.25. The van der Waals surface area contributed by atoms with Crippen LogP contribution in [0.2, 0.25) is 0 Å². The third kappa shape index (κ3) is 4.07. The molecule has 1 fully saturated rings. The van der Waals surface area contributed by atoms with Crippen LogP contribution in [0.3, 0.4) is 0 Å². The molecule has 0 aliphatic heterocycles. The Morgan fingerprint density at radius 1 is 1.25 bits per heavy atom. The van der Waals surface area contributed by atoms with Gasteiger partial charge in [-0.1, -0.05) is 36.8 Å². The van der Waals surface area contributed by atoms with Crippen molar-refractivity contribution in [3.63, 3.8) is 0 Å². The van der Waals surface area contributed by atoms with Crippen LogP contribution in [0.1, 0.15) is 50.3 Å². The van der Waals surface area contributed by atoms with Crippen LogP contribution in [0, 0.1) is 12.8 Å². The molecular weight excluding hydrogens is 244 g/mol. The summed E-state index contributed by atoms with van der Waals surface area (Å²) in [5.74, 6) is 0.958. The van der Waals surface area contributed by atoms with Gasteiger partial charge in [0, 0.05) is 18.6 Å². The number of hydrogen-bond donors (Lipinski definition) is 1. The Kier molecular flexibility index (Phi) is 5.62. The smallest absolute Gasteiger partial charge is 0.0473 e. The first-order valence-corrected chi connectivity index (χ1v) is 8.13. The van der Waals surface area contributed by atoms with Gasteiger partial charge in [-0.05, 0) is 58.2 Å². The fourth-order valence-corrected chi connectivity index (χ4v) is 3.05. The quantitative estimate of drug-likeness (QED) is 0.776. The summed E-state index contributed by atoms with van der Waals surface area (Å²) in [5.41, 5.74) is 2.74. The molecule has 2 rings (SSSR count). The van der Waals surface area contributed by atoms with Crippen LogP contribution in [-0.4, -0.2) is 31.1 Å². The van der Waals surface area contributed by atoms with E-state index in [1.165, 1.54) is 43.5 Å². The molecule has 112 valence electrons. The molecule has 1 aliphatic carbocycles. The van der Waals surface area contributed by atoms with E-state index >= 15 is 0 Å². The lowest BCUT2D eigenvalue weighted by Crippen LogP contribution is -2.43. The topological polar surface area (TPSA) is 15.3 Å². The summed E-state index contributed by atoms with van der Waals surface area (Å²) >= 11 is 0. The maximum Gasteiger partial charge on any atom is 0.0473 e. The highest BCUT2D eigenvalue weighted by molar-refractivity contribution is 5.25. The van der Waals surface area contributed by atoms with Crippen LogP contribution in [0.5, 0.6) is 0 Å². The standard InChI is InChI=1S/C18H30N2/c1-5-12-20(13-16-8-9-16)15(3)18(19-4)17-10-6-14(2)7-11-17/h6-7,10-11,15-16,18-19H,5,8-9,12-13H2,1-4H3. The number of likely N-dealkylation sites (N-methyl/N-ethyl adjacent to an activating group) is 1. The highest BCUT2D eigenvalue weighted by Crippen LogP contribution is 2.32. The minimum Gasteiger partial charge on any atom is -0.312 e. The summed E-state index contributed by atoms with van der Waals surface area (Å²) in [6.07, 6.45) is 4.10. The van der Waals surface area contributed by atoms with E-state index in [9.17, 15) is 0 Å². The molecule has 0 bridgehead atoms. The van der Waals surface area contributed by atoms with E-state index in [0.29, 0.717) is 12.1 Å². The van der Waals surface area contributed by atoms with Crippen molar-refractivity contribution in [2.24, 2.45) is 5.92 Å². The molecule has 0 saturated heterocycles. The van der Waals surface area contributed by atoms with Crippen LogP contribution in [0.4, 0.5) is 0 Å². The average molecular weight is 274 g/mol. The molecule has 1 aromatic rings. The van der Waals surface area contributed by atoms with Gasteiger partial charge < -0.3 is 5.32 Å². The number of hydrogen-bond acceptors (Lipinski definition) is 2. The van der Waals surface area contributed by atoms with Crippen LogP contribution >= 0.6 is 0 Å². The first kappa shape index (κ1) is 15.5. The van der Waals surface area contributed by atoms with Gasteiger partial charge >= 0.3 is 0 Å². The van der Waals surface area contributed by atoms with Gasteiger partial charge in [0.15, 0.2) is 0 Å². The van der Waals surface area contributed by atoms with E-state index in [1.54, 1.807) is 0 Å². The molecule has 0 heterocycles. The maximum atomic E-state index is 3.53. The van der Waals surface area contributed by atoms with Gasteiger partial charge in [-0.25, -0.2) is 0 Å². The SMILES string of the molecule is CCCN(CC1CC1)C(C)C(NC)c1ccc(C)cc1.